The van der Waals surface area contributed by atoms with Gasteiger partial charge in [-0.05, 0) is 19.8 Å². The maximum Gasteiger partial charge on any atom is 0.418 e. The molecule has 2 rings (SSSR count). The van der Waals surface area contributed by atoms with Crippen LogP contribution in [0.1, 0.15) is 46.0 Å². The lowest BCUT2D eigenvalue weighted by molar-refractivity contribution is -0.259. The maximum atomic E-state index is 12.9. The topological polar surface area (TPSA) is 43.8 Å². The van der Waals surface area contributed by atoms with E-state index >= 15 is 0 Å². The molecule has 0 radical (unpaired) electrons. The minimum absolute atomic E-state index is 0.0101. The Bertz CT molecular complexity index is 418. The monoisotopic (exact) mass is 322 g/mol. The Hall–Kier alpha value is -0.820. The Labute approximate surface area is 129 Å². The summed E-state index contributed by atoms with van der Waals surface area (Å²) < 4.78 is 38.7. The molecular formula is C15H25F3N2O2. The Morgan fingerprint density at radius 1 is 1.18 bits per heavy atom. The van der Waals surface area contributed by atoms with Gasteiger partial charge < -0.3 is 10.0 Å². The normalized spacial score (nSPS) is 26.0. The Morgan fingerprint density at radius 2 is 1.77 bits per heavy atom. The van der Waals surface area contributed by atoms with Crippen LogP contribution in [0, 0.1) is 0 Å². The average molecular weight is 322 g/mol. The van der Waals surface area contributed by atoms with E-state index in [0.717, 1.165) is 39.0 Å². The zero-order valence-electron chi connectivity index (χ0n) is 13.2. The van der Waals surface area contributed by atoms with Crippen LogP contribution in [0.15, 0.2) is 0 Å². The first-order valence-corrected chi connectivity index (χ1v) is 7.87. The van der Waals surface area contributed by atoms with Crippen molar-refractivity contribution in [1.29, 1.82) is 0 Å². The molecule has 1 aliphatic heterocycles. The van der Waals surface area contributed by atoms with Gasteiger partial charge in [-0.25, -0.2) is 0 Å². The molecule has 0 aromatic rings. The number of hydrogen-bond acceptors (Lipinski definition) is 3. The summed E-state index contributed by atoms with van der Waals surface area (Å²) in [6.07, 6.45) is 0.104. The number of amides is 1. The van der Waals surface area contributed by atoms with Crippen LogP contribution < -0.4 is 0 Å². The molecule has 1 amide bonds. The van der Waals surface area contributed by atoms with Gasteiger partial charge in [0.15, 0.2) is 5.60 Å². The first kappa shape index (κ1) is 17.5. The highest BCUT2D eigenvalue weighted by molar-refractivity contribution is 5.74. The molecular weight excluding hydrogens is 297 g/mol. The minimum Gasteiger partial charge on any atom is -0.380 e. The molecule has 1 atom stereocenters. The molecule has 1 saturated carbocycles. The van der Waals surface area contributed by atoms with Crippen LogP contribution in [0.2, 0.25) is 0 Å². The molecule has 1 saturated heterocycles. The lowest BCUT2D eigenvalue weighted by Gasteiger charge is -2.53. The van der Waals surface area contributed by atoms with Gasteiger partial charge in [0.2, 0.25) is 5.91 Å². The van der Waals surface area contributed by atoms with Gasteiger partial charge in [0.1, 0.15) is 0 Å². The lowest BCUT2D eigenvalue weighted by Crippen LogP contribution is -2.66. The largest absolute Gasteiger partial charge is 0.418 e. The molecule has 2 fully saturated rings. The molecule has 0 unspecified atom stereocenters. The number of nitrogens with zero attached hydrogens (tertiary/aromatic N) is 2. The van der Waals surface area contributed by atoms with Crippen molar-refractivity contribution in [3.63, 3.8) is 0 Å². The second kappa shape index (κ2) is 6.00. The standard InChI is InChI=1S/C15H25F3N2O2/c1-12(21)20-9-8-19(10-13(2,22)15(16,17)18)11-14(20)6-4-3-5-7-14/h22H,3-11H2,1-2H3/t13-/m0/s1. The van der Waals surface area contributed by atoms with Gasteiger partial charge in [-0.2, -0.15) is 13.2 Å². The molecule has 0 aromatic carbocycles. The molecule has 128 valence electrons. The first-order chi connectivity index (χ1) is 10.1. The molecule has 1 spiro atoms. The number of halogens is 3. The Morgan fingerprint density at radius 3 is 2.27 bits per heavy atom. The zero-order valence-corrected chi connectivity index (χ0v) is 13.2. The highest BCUT2D eigenvalue weighted by atomic mass is 19.4. The quantitative estimate of drug-likeness (QED) is 0.847. The predicted molar refractivity (Wildman–Crippen MR) is 76.3 cm³/mol. The summed E-state index contributed by atoms with van der Waals surface area (Å²) >= 11 is 0. The average Bonchev–Trinajstić information content (AvgIpc) is 2.37. The number of piperazine rings is 1. The van der Waals surface area contributed by atoms with E-state index in [-0.39, 0.29) is 11.4 Å². The van der Waals surface area contributed by atoms with Crippen molar-refractivity contribution in [2.45, 2.75) is 63.3 Å². The molecule has 1 N–H and O–H groups in total. The van der Waals surface area contributed by atoms with Crippen LogP contribution in [0.3, 0.4) is 0 Å². The van der Waals surface area contributed by atoms with E-state index in [1.807, 2.05) is 4.90 Å². The van der Waals surface area contributed by atoms with Gasteiger partial charge in [0.05, 0.1) is 5.54 Å². The number of alkyl halides is 3. The minimum atomic E-state index is -4.65. The fourth-order valence-electron chi connectivity index (χ4n) is 3.85. The van der Waals surface area contributed by atoms with E-state index in [1.54, 1.807) is 4.90 Å². The van der Waals surface area contributed by atoms with Crippen molar-refractivity contribution in [3.8, 4) is 0 Å². The highest BCUT2D eigenvalue weighted by Gasteiger charge is 2.52. The summed E-state index contributed by atoms with van der Waals surface area (Å²) in [4.78, 5) is 15.4. The molecule has 0 aromatic heterocycles. The van der Waals surface area contributed by atoms with Crippen molar-refractivity contribution in [1.82, 2.24) is 9.80 Å². The molecule has 4 nitrogen and oxygen atoms in total. The first-order valence-electron chi connectivity index (χ1n) is 7.87. The molecule has 1 heterocycles. The SMILES string of the molecule is CC(=O)N1CCN(C[C@](C)(O)C(F)(F)F)CC12CCCCC2. The van der Waals surface area contributed by atoms with Crippen LogP contribution in [0.5, 0.6) is 0 Å². The van der Waals surface area contributed by atoms with Gasteiger partial charge in [0, 0.05) is 33.1 Å². The number of β-amino-alcohol motifs (C(OH)–C–C–N with tert-alkyl or cyclic N) is 1. The van der Waals surface area contributed by atoms with E-state index in [0.29, 0.717) is 19.6 Å². The van der Waals surface area contributed by atoms with Gasteiger partial charge in [-0.1, -0.05) is 19.3 Å². The summed E-state index contributed by atoms with van der Waals surface area (Å²) in [5.41, 5.74) is -3.08. The van der Waals surface area contributed by atoms with Crippen LogP contribution in [-0.2, 0) is 4.79 Å². The Kier molecular flexibility index (Phi) is 4.78. The third-order valence-electron chi connectivity index (χ3n) is 5.04. The summed E-state index contributed by atoms with van der Waals surface area (Å²) in [6.45, 7) is 3.12. The van der Waals surface area contributed by atoms with E-state index in [1.165, 1.54) is 6.92 Å². The zero-order chi connectivity index (χ0) is 16.6. The van der Waals surface area contributed by atoms with Gasteiger partial charge >= 0.3 is 6.18 Å². The van der Waals surface area contributed by atoms with Gasteiger partial charge in [0.25, 0.3) is 0 Å². The van der Waals surface area contributed by atoms with Crippen molar-refractivity contribution < 1.29 is 23.1 Å². The number of aliphatic hydroxyl groups is 1. The van der Waals surface area contributed by atoms with Gasteiger partial charge in [-0.3, -0.25) is 9.69 Å². The smallest absolute Gasteiger partial charge is 0.380 e. The second-order valence-electron chi connectivity index (χ2n) is 6.94. The third kappa shape index (κ3) is 3.40. The van der Waals surface area contributed by atoms with E-state index < -0.39 is 18.3 Å². The van der Waals surface area contributed by atoms with Crippen molar-refractivity contribution in [2.75, 3.05) is 26.2 Å². The Balaban J connectivity index is 2.13. The molecule has 7 heteroatoms. The van der Waals surface area contributed by atoms with Crippen molar-refractivity contribution in [2.24, 2.45) is 0 Å². The van der Waals surface area contributed by atoms with Crippen LogP contribution in [0.4, 0.5) is 13.2 Å². The van der Waals surface area contributed by atoms with Crippen molar-refractivity contribution in [3.05, 3.63) is 0 Å². The highest BCUT2D eigenvalue weighted by Crippen LogP contribution is 2.38. The molecule has 0 bridgehead atoms. The number of hydrogen-bond donors (Lipinski definition) is 1. The number of carbonyl (C=O) groups is 1. The van der Waals surface area contributed by atoms with E-state index in [2.05, 4.69) is 0 Å². The molecule has 22 heavy (non-hydrogen) atoms. The second-order valence-corrected chi connectivity index (χ2v) is 6.94. The molecule has 1 aliphatic carbocycles. The van der Waals surface area contributed by atoms with Gasteiger partial charge in [-0.15, -0.1) is 0 Å². The van der Waals surface area contributed by atoms with Crippen LogP contribution in [-0.4, -0.2) is 64.3 Å². The fourth-order valence-corrected chi connectivity index (χ4v) is 3.85. The summed E-state index contributed by atoms with van der Waals surface area (Å²) in [5, 5.41) is 9.72. The number of carbonyl (C=O) groups excluding carboxylic acids is 1. The van der Waals surface area contributed by atoms with E-state index in [9.17, 15) is 23.1 Å². The summed E-state index contributed by atoms with van der Waals surface area (Å²) in [7, 11) is 0. The number of rotatable bonds is 2. The maximum absolute atomic E-state index is 12.9. The lowest BCUT2D eigenvalue weighted by atomic mass is 9.78. The fraction of sp³-hybridized carbons (Fsp3) is 0.933. The predicted octanol–water partition coefficient (Wildman–Crippen LogP) is 2.17. The van der Waals surface area contributed by atoms with E-state index in [4.69, 9.17) is 0 Å². The van der Waals surface area contributed by atoms with Crippen LogP contribution in [0.25, 0.3) is 0 Å². The summed E-state index contributed by atoms with van der Waals surface area (Å²) in [6, 6.07) is 0. The third-order valence-corrected chi connectivity index (χ3v) is 5.04. The van der Waals surface area contributed by atoms with Crippen molar-refractivity contribution >= 4 is 5.91 Å². The molecule has 2 aliphatic rings. The van der Waals surface area contributed by atoms with Crippen LogP contribution >= 0.6 is 0 Å². The summed E-state index contributed by atoms with van der Waals surface area (Å²) in [5.74, 6) is -0.0101.